The van der Waals surface area contributed by atoms with Gasteiger partial charge in [-0.2, -0.15) is 0 Å². The summed E-state index contributed by atoms with van der Waals surface area (Å²) in [7, 11) is 0. The van der Waals surface area contributed by atoms with Crippen LogP contribution in [0.5, 0.6) is 0 Å². The molecule has 0 bridgehead atoms. The molecule has 0 aromatic heterocycles. The second-order valence-corrected chi connectivity index (χ2v) is 6.05. The van der Waals surface area contributed by atoms with E-state index in [4.69, 9.17) is 10.2 Å². The molecule has 1 saturated heterocycles. The number of nitrogens with one attached hydrogen (secondary N) is 1. The van der Waals surface area contributed by atoms with E-state index in [9.17, 15) is 4.79 Å². The van der Waals surface area contributed by atoms with Crippen LogP contribution in [0, 0.1) is 11.8 Å². The molecule has 0 spiro atoms. The van der Waals surface area contributed by atoms with Gasteiger partial charge >= 0.3 is 5.97 Å². The molecule has 19 heavy (non-hydrogen) atoms. The molecule has 1 fully saturated rings. The quantitative estimate of drug-likeness (QED) is 0.609. The van der Waals surface area contributed by atoms with Crippen molar-refractivity contribution < 1.29 is 15.0 Å². The van der Waals surface area contributed by atoms with Crippen molar-refractivity contribution in [2.45, 2.75) is 39.2 Å². The van der Waals surface area contributed by atoms with Crippen molar-refractivity contribution in [3.63, 3.8) is 0 Å². The summed E-state index contributed by atoms with van der Waals surface area (Å²) in [5.74, 6) is 0.334. The Morgan fingerprint density at radius 1 is 1.42 bits per heavy atom. The fraction of sp³-hybridized carbons (Fsp3) is 0.929. The minimum atomic E-state index is -0.759. The molecule has 2 atom stereocenters. The highest BCUT2D eigenvalue weighted by molar-refractivity contribution is 5.69. The van der Waals surface area contributed by atoms with Gasteiger partial charge in [-0.3, -0.25) is 9.69 Å². The number of nitrogens with zero attached hydrogens (tertiary/aromatic N) is 1. The number of aliphatic hydroxyl groups is 1. The third-order valence-electron chi connectivity index (χ3n) is 3.56. The highest BCUT2D eigenvalue weighted by Gasteiger charge is 2.27. The van der Waals surface area contributed by atoms with Crippen molar-refractivity contribution in [3.05, 3.63) is 0 Å². The molecule has 1 aliphatic rings. The van der Waals surface area contributed by atoms with E-state index in [0.29, 0.717) is 17.9 Å². The average molecular weight is 272 g/mol. The first kappa shape index (κ1) is 16.4. The fourth-order valence-corrected chi connectivity index (χ4v) is 2.76. The molecule has 1 aliphatic heterocycles. The van der Waals surface area contributed by atoms with Crippen LogP contribution in [0.4, 0.5) is 0 Å². The topological polar surface area (TPSA) is 72.8 Å². The minimum Gasteiger partial charge on any atom is -0.480 e. The number of carbonyl (C=O) groups is 1. The van der Waals surface area contributed by atoms with Gasteiger partial charge in [0, 0.05) is 25.7 Å². The maximum atomic E-state index is 10.9. The number of rotatable bonds is 8. The molecule has 0 aliphatic carbocycles. The van der Waals surface area contributed by atoms with Crippen LogP contribution < -0.4 is 5.32 Å². The van der Waals surface area contributed by atoms with E-state index in [2.05, 4.69) is 19.2 Å². The van der Waals surface area contributed by atoms with Gasteiger partial charge in [-0.15, -0.1) is 0 Å². The molecule has 5 heteroatoms. The molecule has 1 heterocycles. The maximum absolute atomic E-state index is 10.9. The van der Waals surface area contributed by atoms with E-state index < -0.39 is 5.97 Å². The summed E-state index contributed by atoms with van der Waals surface area (Å²) in [6, 6.07) is 0.374. The number of aliphatic carboxylic acids is 1. The summed E-state index contributed by atoms with van der Waals surface area (Å²) < 4.78 is 0. The Bertz CT molecular complexity index is 271. The van der Waals surface area contributed by atoms with Gasteiger partial charge in [-0.25, -0.2) is 0 Å². The Balaban J connectivity index is 2.47. The Hall–Kier alpha value is -0.650. The summed E-state index contributed by atoms with van der Waals surface area (Å²) in [6.45, 7) is 7.32. The molecule has 1 rings (SSSR count). The van der Waals surface area contributed by atoms with Gasteiger partial charge in [0.25, 0.3) is 0 Å². The van der Waals surface area contributed by atoms with Crippen molar-refractivity contribution >= 4 is 5.97 Å². The molecule has 0 radical (unpaired) electrons. The molecule has 0 saturated carbocycles. The molecular formula is C14H28N2O3. The molecule has 0 aromatic carbocycles. The van der Waals surface area contributed by atoms with E-state index in [-0.39, 0.29) is 13.2 Å². The van der Waals surface area contributed by atoms with Crippen molar-refractivity contribution in [2.24, 2.45) is 11.8 Å². The summed E-state index contributed by atoms with van der Waals surface area (Å²) in [6.07, 6.45) is 2.87. The highest BCUT2D eigenvalue weighted by Crippen LogP contribution is 2.21. The summed E-state index contributed by atoms with van der Waals surface area (Å²) in [4.78, 5) is 12.9. The van der Waals surface area contributed by atoms with Crippen LogP contribution in [-0.4, -0.2) is 59.9 Å². The Kier molecular flexibility index (Phi) is 7.34. The van der Waals surface area contributed by atoms with E-state index in [1.807, 2.05) is 4.90 Å². The van der Waals surface area contributed by atoms with Crippen LogP contribution in [0.3, 0.4) is 0 Å². The molecule has 112 valence electrons. The van der Waals surface area contributed by atoms with Crippen LogP contribution in [0.1, 0.15) is 33.1 Å². The van der Waals surface area contributed by atoms with Crippen LogP contribution in [-0.2, 0) is 4.79 Å². The summed E-state index contributed by atoms with van der Waals surface area (Å²) in [5, 5.41) is 21.4. The van der Waals surface area contributed by atoms with Crippen LogP contribution in [0.2, 0.25) is 0 Å². The summed E-state index contributed by atoms with van der Waals surface area (Å²) >= 11 is 0. The Labute approximate surface area is 116 Å². The van der Waals surface area contributed by atoms with Gasteiger partial charge in [0.2, 0.25) is 0 Å². The second kappa shape index (κ2) is 8.51. The number of piperidine rings is 1. The van der Waals surface area contributed by atoms with Crippen LogP contribution in [0.15, 0.2) is 0 Å². The van der Waals surface area contributed by atoms with Crippen molar-refractivity contribution in [2.75, 3.05) is 32.8 Å². The standard InChI is InChI=1S/C14H28N2O3/c1-11(2)7-15-13-6-12(4-3-5-17)8-16(9-13)10-14(18)19/h11-13,15,17H,3-10H2,1-2H3,(H,18,19). The second-order valence-electron chi connectivity index (χ2n) is 6.05. The van der Waals surface area contributed by atoms with E-state index >= 15 is 0 Å². The number of likely N-dealkylation sites (tertiary alicyclic amines) is 1. The predicted molar refractivity (Wildman–Crippen MR) is 75.1 cm³/mol. The van der Waals surface area contributed by atoms with Crippen LogP contribution >= 0.6 is 0 Å². The molecule has 2 unspecified atom stereocenters. The molecule has 0 amide bonds. The number of carboxylic acids is 1. The lowest BCUT2D eigenvalue weighted by Gasteiger charge is -2.37. The molecule has 5 nitrogen and oxygen atoms in total. The van der Waals surface area contributed by atoms with Crippen molar-refractivity contribution in [3.8, 4) is 0 Å². The van der Waals surface area contributed by atoms with Gasteiger partial charge in [0.1, 0.15) is 0 Å². The van der Waals surface area contributed by atoms with Crippen molar-refractivity contribution in [1.82, 2.24) is 10.2 Å². The zero-order chi connectivity index (χ0) is 14.3. The molecular weight excluding hydrogens is 244 g/mol. The zero-order valence-corrected chi connectivity index (χ0v) is 12.1. The van der Waals surface area contributed by atoms with Crippen molar-refractivity contribution in [1.29, 1.82) is 0 Å². The molecule has 3 N–H and O–H groups in total. The summed E-state index contributed by atoms with van der Waals surface area (Å²) in [5.41, 5.74) is 0. The smallest absolute Gasteiger partial charge is 0.317 e. The number of hydrogen-bond acceptors (Lipinski definition) is 4. The first-order chi connectivity index (χ1) is 9.01. The Morgan fingerprint density at radius 2 is 2.16 bits per heavy atom. The lowest BCUT2D eigenvalue weighted by Crippen LogP contribution is -2.51. The van der Waals surface area contributed by atoms with E-state index in [1.165, 1.54) is 0 Å². The van der Waals surface area contributed by atoms with Gasteiger partial charge in [-0.1, -0.05) is 13.8 Å². The average Bonchev–Trinajstić information content (AvgIpc) is 2.33. The first-order valence-electron chi connectivity index (χ1n) is 7.29. The third-order valence-corrected chi connectivity index (χ3v) is 3.56. The van der Waals surface area contributed by atoms with Gasteiger partial charge in [0.15, 0.2) is 0 Å². The highest BCUT2D eigenvalue weighted by atomic mass is 16.4. The number of aliphatic hydroxyl groups excluding tert-OH is 1. The lowest BCUT2D eigenvalue weighted by atomic mass is 9.90. The fourth-order valence-electron chi connectivity index (χ4n) is 2.76. The number of carboxylic acid groups (broad SMARTS) is 1. The molecule has 0 aromatic rings. The maximum Gasteiger partial charge on any atom is 0.317 e. The predicted octanol–water partition coefficient (Wildman–Crippen LogP) is 0.780. The van der Waals surface area contributed by atoms with Crippen LogP contribution in [0.25, 0.3) is 0 Å². The first-order valence-corrected chi connectivity index (χ1v) is 7.29. The van der Waals surface area contributed by atoms with Gasteiger partial charge < -0.3 is 15.5 Å². The lowest BCUT2D eigenvalue weighted by molar-refractivity contribution is -0.138. The zero-order valence-electron chi connectivity index (χ0n) is 12.1. The third kappa shape index (κ3) is 6.89. The largest absolute Gasteiger partial charge is 0.480 e. The Morgan fingerprint density at radius 3 is 2.74 bits per heavy atom. The van der Waals surface area contributed by atoms with E-state index in [1.54, 1.807) is 0 Å². The number of hydrogen-bond donors (Lipinski definition) is 3. The van der Waals surface area contributed by atoms with Gasteiger partial charge in [-0.05, 0) is 37.6 Å². The monoisotopic (exact) mass is 272 g/mol. The normalized spacial score (nSPS) is 24.8. The minimum absolute atomic E-state index is 0.121. The SMILES string of the molecule is CC(C)CNC1CC(CCCO)CN(CC(=O)O)C1. The van der Waals surface area contributed by atoms with E-state index in [0.717, 1.165) is 38.9 Å². The van der Waals surface area contributed by atoms with Gasteiger partial charge in [0.05, 0.1) is 6.54 Å².